The Morgan fingerprint density at radius 2 is 1.81 bits per heavy atom. The average molecular weight is 579 g/mol. The molecule has 37 heavy (non-hydrogen) atoms. The summed E-state index contributed by atoms with van der Waals surface area (Å²) >= 11 is 11.6. The van der Waals surface area contributed by atoms with Crippen LogP contribution in [0.3, 0.4) is 0 Å². The van der Waals surface area contributed by atoms with E-state index in [1.807, 2.05) is 0 Å². The number of likely N-dealkylation sites (tertiary alicyclic amines) is 1. The van der Waals surface area contributed by atoms with Crippen LogP contribution in [0.5, 0.6) is 0 Å². The van der Waals surface area contributed by atoms with Gasteiger partial charge in [-0.05, 0) is 40.5 Å². The fourth-order valence-corrected chi connectivity index (χ4v) is 6.27. The van der Waals surface area contributed by atoms with Gasteiger partial charge in [-0.2, -0.15) is 13.2 Å². The summed E-state index contributed by atoms with van der Waals surface area (Å²) in [4.78, 5) is 17.8. The van der Waals surface area contributed by atoms with Crippen molar-refractivity contribution >= 4 is 44.7 Å². The SMILES string of the molecule is CS(=O)(=O)CC(=O)N1CC2(C1)OCc1cc(C3=NCC(c4cc(Cl)c(F)c(Cl)c4)(C(F)(F)F)C3)ccc12. The zero-order valence-electron chi connectivity index (χ0n) is 19.3. The molecule has 0 N–H and O–H groups in total. The van der Waals surface area contributed by atoms with E-state index in [0.29, 0.717) is 5.56 Å². The summed E-state index contributed by atoms with van der Waals surface area (Å²) in [5.41, 5.74) is -1.15. The van der Waals surface area contributed by atoms with Crippen molar-refractivity contribution < 1.29 is 35.5 Å². The highest BCUT2D eigenvalue weighted by Crippen LogP contribution is 2.50. The van der Waals surface area contributed by atoms with E-state index in [9.17, 15) is 30.8 Å². The molecule has 1 fully saturated rings. The van der Waals surface area contributed by atoms with E-state index in [-0.39, 0.29) is 31.0 Å². The molecule has 1 unspecified atom stereocenters. The number of halogens is 6. The minimum absolute atomic E-state index is 0.192. The molecule has 0 saturated carbocycles. The van der Waals surface area contributed by atoms with Gasteiger partial charge in [0.15, 0.2) is 15.7 Å². The summed E-state index contributed by atoms with van der Waals surface area (Å²) in [5.74, 6) is -2.07. The number of hydrogen-bond acceptors (Lipinski definition) is 5. The van der Waals surface area contributed by atoms with Crippen molar-refractivity contribution in [1.29, 1.82) is 0 Å². The number of rotatable bonds is 4. The molecule has 0 aromatic heterocycles. The molecular weight excluding hydrogens is 559 g/mol. The Kier molecular flexibility index (Phi) is 6.18. The zero-order valence-corrected chi connectivity index (χ0v) is 21.7. The molecule has 3 aliphatic rings. The molecule has 198 valence electrons. The van der Waals surface area contributed by atoms with Crippen LogP contribution in [0, 0.1) is 5.82 Å². The van der Waals surface area contributed by atoms with E-state index in [4.69, 9.17) is 27.9 Å². The highest BCUT2D eigenvalue weighted by atomic mass is 35.5. The van der Waals surface area contributed by atoms with Crippen LogP contribution < -0.4 is 0 Å². The maximum Gasteiger partial charge on any atom is 0.400 e. The first kappa shape index (κ1) is 26.4. The van der Waals surface area contributed by atoms with Gasteiger partial charge in [-0.25, -0.2) is 12.8 Å². The molecule has 1 amide bonds. The molecule has 5 rings (SSSR count). The first-order chi connectivity index (χ1) is 17.1. The molecule has 1 spiro atoms. The van der Waals surface area contributed by atoms with Gasteiger partial charge in [0.1, 0.15) is 16.8 Å². The van der Waals surface area contributed by atoms with E-state index >= 15 is 0 Å². The van der Waals surface area contributed by atoms with Crippen molar-refractivity contribution in [3.63, 3.8) is 0 Å². The van der Waals surface area contributed by atoms with Crippen molar-refractivity contribution in [2.75, 3.05) is 31.6 Å². The lowest BCUT2D eigenvalue weighted by molar-refractivity contribution is -0.183. The predicted molar refractivity (Wildman–Crippen MR) is 129 cm³/mol. The Labute approximate surface area is 220 Å². The lowest BCUT2D eigenvalue weighted by Crippen LogP contribution is -2.62. The molecule has 2 aromatic carbocycles. The number of carbonyl (C=O) groups excluding carboxylic acids is 1. The molecule has 0 aliphatic carbocycles. The molecular formula is C24H20Cl2F4N2O4S. The highest BCUT2D eigenvalue weighted by molar-refractivity contribution is 7.91. The zero-order chi connectivity index (χ0) is 27.0. The van der Waals surface area contributed by atoms with E-state index in [2.05, 4.69) is 4.99 Å². The summed E-state index contributed by atoms with van der Waals surface area (Å²) < 4.78 is 85.8. The van der Waals surface area contributed by atoms with Gasteiger partial charge >= 0.3 is 6.18 Å². The van der Waals surface area contributed by atoms with Gasteiger partial charge in [-0.15, -0.1) is 0 Å². The van der Waals surface area contributed by atoms with Crippen LogP contribution in [0.25, 0.3) is 0 Å². The van der Waals surface area contributed by atoms with Crippen LogP contribution in [0.15, 0.2) is 35.3 Å². The number of carbonyl (C=O) groups is 1. The lowest BCUT2D eigenvalue weighted by atomic mass is 9.76. The summed E-state index contributed by atoms with van der Waals surface area (Å²) in [6, 6.07) is 7.02. The van der Waals surface area contributed by atoms with Gasteiger partial charge in [-0.1, -0.05) is 35.3 Å². The van der Waals surface area contributed by atoms with Gasteiger partial charge in [-0.3, -0.25) is 9.79 Å². The van der Waals surface area contributed by atoms with E-state index in [1.165, 1.54) is 4.90 Å². The van der Waals surface area contributed by atoms with Crippen molar-refractivity contribution in [3.8, 4) is 0 Å². The van der Waals surface area contributed by atoms with Crippen LogP contribution in [-0.4, -0.2) is 62.8 Å². The minimum Gasteiger partial charge on any atom is -0.362 e. The number of amides is 1. The number of fused-ring (bicyclic) bond motifs is 2. The number of hydrogen-bond donors (Lipinski definition) is 0. The average Bonchev–Trinajstić information content (AvgIpc) is 3.37. The topological polar surface area (TPSA) is 76.0 Å². The van der Waals surface area contributed by atoms with Gasteiger partial charge in [0.2, 0.25) is 5.91 Å². The molecule has 1 atom stereocenters. The normalized spacial score (nSPS) is 22.7. The maximum absolute atomic E-state index is 14.4. The molecule has 2 aromatic rings. The van der Waals surface area contributed by atoms with Crippen molar-refractivity contribution in [3.05, 3.63) is 68.4 Å². The first-order valence-electron chi connectivity index (χ1n) is 11.1. The monoisotopic (exact) mass is 578 g/mol. The van der Waals surface area contributed by atoms with Crippen LogP contribution in [-0.2, 0) is 37.0 Å². The second kappa shape index (κ2) is 8.65. The largest absolute Gasteiger partial charge is 0.400 e. The van der Waals surface area contributed by atoms with Gasteiger partial charge in [0.05, 0.1) is 36.3 Å². The molecule has 3 heterocycles. The third-order valence-electron chi connectivity index (χ3n) is 7.15. The first-order valence-corrected chi connectivity index (χ1v) is 13.9. The summed E-state index contributed by atoms with van der Waals surface area (Å²) in [7, 11) is -3.46. The van der Waals surface area contributed by atoms with Crippen LogP contribution in [0.1, 0.15) is 28.7 Å². The number of nitrogens with zero attached hydrogens (tertiary/aromatic N) is 2. The standard InChI is InChI=1S/C24H20Cl2F4N2O4S/c1-37(34,35)9-20(33)32-11-23(12-32)16-3-2-13(4-14(16)8-36-23)19-7-22(10-31-19,24(28,29)30)15-5-17(25)21(27)18(26)6-15/h2-6H,7-12H2,1H3. The Bertz CT molecular complexity index is 1430. The maximum atomic E-state index is 14.4. The molecule has 13 heteroatoms. The molecule has 6 nitrogen and oxygen atoms in total. The van der Waals surface area contributed by atoms with Crippen LogP contribution in [0.2, 0.25) is 10.0 Å². The number of alkyl halides is 3. The Hall–Kier alpha value is -2.21. The van der Waals surface area contributed by atoms with Crippen LogP contribution >= 0.6 is 23.2 Å². The predicted octanol–water partition coefficient (Wildman–Crippen LogP) is 4.44. The van der Waals surface area contributed by atoms with Gasteiger partial charge in [0, 0.05) is 18.4 Å². The van der Waals surface area contributed by atoms with Crippen LogP contribution in [0.4, 0.5) is 17.6 Å². The third-order valence-corrected chi connectivity index (χ3v) is 8.47. The second-order valence-corrected chi connectivity index (χ2v) is 12.7. The lowest BCUT2D eigenvalue weighted by Gasteiger charge is -2.47. The van der Waals surface area contributed by atoms with E-state index < -0.39 is 67.5 Å². The molecule has 0 radical (unpaired) electrons. The Balaban J connectivity index is 1.38. The second-order valence-electron chi connectivity index (χ2n) is 9.75. The highest BCUT2D eigenvalue weighted by Gasteiger charge is 2.59. The number of benzene rings is 2. The van der Waals surface area contributed by atoms with E-state index in [1.54, 1.807) is 18.2 Å². The fourth-order valence-electron chi connectivity index (χ4n) is 5.15. The van der Waals surface area contributed by atoms with E-state index in [0.717, 1.165) is 29.5 Å². The summed E-state index contributed by atoms with van der Waals surface area (Å²) in [6.45, 7) is -0.0208. The Morgan fingerprint density at radius 3 is 2.41 bits per heavy atom. The van der Waals surface area contributed by atoms with Crippen molar-refractivity contribution in [2.24, 2.45) is 4.99 Å². The third kappa shape index (κ3) is 4.43. The smallest absolute Gasteiger partial charge is 0.362 e. The summed E-state index contributed by atoms with van der Waals surface area (Å²) in [5, 5.41) is -0.992. The minimum atomic E-state index is -4.71. The van der Waals surface area contributed by atoms with Gasteiger partial charge < -0.3 is 9.64 Å². The quantitative estimate of drug-likeness (QED) is 0.397. The van der Waals surface area contributed by atoms with Gasteiger partial charge in [0.25, 0.3) is 0 Å². The number of aliphatic imine (C=N–C) groups is 1. The molecule has 0 bridgehead atoms. The number of ether oxygens (including phenoxy) is 1. The molecule has 1 saturated heterocycles. The molecule has 3 aliphatic heterocycles. The van der Waals surface area contributed by atoms with Crippen molar-refractivity contribution in [1.82, 2.24) is 4.90 Å². The van der Waals surface area contributed by atoms with Crippen molar-refractivity contribution in [2.45, 2.75) is 30.2 Å². The summed E-state index contributed by atoms with van der Waals surface area (Å²) in [6.07, 6.45) is -4.20. The Morgan fingerprint density at radius 1 is 1.16 bits per heavy atom. The fraction of sp³-hybridized carbons (Fsp3) is 0.417. The number of sulfone groups is 1.